The van der Waals surface area contributed by atoms with Crippen molar-refractivity contribution in [1.82, 2.24) is 5.32 Å². The lowest BCUT2D eigenvalue weighted by molar-refractivity contribution is -0.143. The van der Waals surface area contributed by atoms with Crippen LogP contribution in [0.2, 0.25) is 0 Å². The maximum absolute atomic E-state index is 12.5. The van der Waals surface area contributed by atoms with E-state index in [-0.39, 0.29) is 18.5 Å². The van der Waals surface area contributed by atoms with E-state index in [1.165, 1.54) is 289 Å². The largest absolute Gasteiger partial charge is 0.466 e. The summed E-state index contributed by atoms with van der Waals surface area (Å²) in [5.74, 6) is -0.0473. The molecule has 0 aromatic rings. The van der Waals surface area contributed by atoms with E-state index in [4.69, 9.17) is 4.74 Å². The molecule has 2 unspecified atom stereocenters. The minimum Gasteiger partial charge on any atom is -0.466 e. The van der Waals surface area contributed by atoms with Crippen molar-refractivity contribution < 1.29 is 24.5 Å². The van der Waals surface area contributed by atoms with Gasteiger partial charge in [-0.2, -0.15) is 0 Å². The van der Waals surface area contributed by atoms with Crippen LogP contribution in [0.1, 0.15) is 373 Å². The summed E-state index contributed by atoms with van der Waals surface area (Å²) in [7, 11) is 0. The molecule has 0 fully saturated rings. The molecule has 0 saturated carbocycles. The maximum Gasteiger partial charge on any atom is 0.305 e. The van der Waals surface area contributed by atoms with Crippen LogP contribution in [0, 0.1) is 0 Å². The molecule has 2 atom stereocenters. The first-order chi connectivity index (χ1) is 35.5. The summed E-state index contributed by atoms with van der Waals surface area (Å²) < 4.78 is 5.49. The Morgan fingerprint density at radius 1 is 0.375 bits per heavy atom. The second-order valence-corrected chi connectivity index (χ2v) is 22.8. The molecule has 0 aliphatic heterocycles. The molecule has 0 bridgehead atoms. The maximum atomic E-state index is 12.5. The Morgan fingerprint density at radius 3 is 0.986 bits per heavy atom. The van der Waals surface area contributed by atoms with Gasteiger partial charge in [0, 0.05) is 12.8 Å². The summed E-state index contributed by atoms with van der Waals surface area (Å²) in [5.41, 5.74) is 0. The first-order valence-electron chi connectivity index (χ1n) is 32.9. The van der Waals surface area contributed by atoms with Crippen LogP contribution in [0.3, 0.4) is 0 Å². The third-order valence-corrected chi connectivity index (χ3v) is 15.6. The standard InChI is InChI=1S/C66H129NO5/c1-3-5-7-9-11-13-15-17-19-21-23-24-25-26-28-29-31-34-38-42-46-50-54-58-64(69)63(62-68)67-65(70)59-55-51-47-43-39-35-33-37-41-45-49-53-57-61-72-66(71)60-56-52-48-44-40-36-32-30-27-22-20-18-16-14-12-10-8-6-4-2/h18,20,63-64,68-69H,3-17,19,21-62H2,1-2H3,(H,67,70)/b20-18-. The molecule has 3 N–H and O–H groups in total. The Balaban J connectivity index is 3.42. The van der Waals surface area contributed by atoms with Crippen LogP contribution in [0.25, 0.3) is 0 Å². The Labute approximate surface area is 450 Å². The van der Waals surface area contributed by atoms with Crippen molar-refractivity contribution in [2.75, 3.05) is 13.2 Å². The highest BCUT2D eigenvalue weighted by Crippen LogP contribution is 2.19. The predicted octanol–water partition coefficient (Wildman–Crippen LogP) is 20.8. The van der Waals surface area contributed by atoms with Crippen LogP contribution in [0.15, 0.2) is 12.2 Å². The number of unbranched alkanes of at least 4 members (excludes halogenated alkanes) is 49. The molecule has 0 rings (SSSR count). The van der Waals surface area contributed by atoms with E-state index >= 15 is 0 Å². The third-order valence-electron chi connectivity index (χ3n) is 15.6. The van der Waals surface area contributed by atoms with E-state index in [0.29, 0.717) is 25.9 Å². The van der Waals surface area contributed by atoms with Gasteiger partial charge in [0.15, 0.2) is 0 Å². The van der Waals surface area contributed by atoms with Crippen LogP contribution in [-0.4, -0.2) is 47.4 Å². The Kier molecular flexibility index (Phi) is 60.9. The first-order valence-corrected chi connectivity index (χ1v) is 32.9. The molecular weight excluding hydrogens is 887 g/mol. The molecule has 0 aliphatic rings. The van der Waals surface area contributed by atoms with E-state index in [0.717, 1.165) is 51.4 Å². The number of hydrogen-bond donors (Lipinski definition) is 3. The quantitative estimate of drug-likeness (QED) is 0.0320. The SMILES string of the molecule is CCCCCCCC/C=C\CCCCCCCCCCCC(=O)OCCCCCCCCCCCCCCCC(=O)NC(CO)C(O)CCCCCCCCCCCCCCCCCCCCCCCCC. The van der Waals surface area contributed by atoms with Crippen LogP contribution in [-0.2, 0) is 14.3 Å². The minimum absolute atomic E-state index is 0.00425. The average molecular weight is 1020 g/mol. The summed E-state index contributed by atoms with van der Waals surface area (Å²) in [6.07, 6.45) is 75.1. The molecule has 428 valence electrons. The van der Waals surface area contributed by atoms with Crippen molar-refractivity contribution in [2.24, 2.45) is 0 Å². The second kappa shape index (κ2) is 62.1. The number of carbonyl (C=O) groups is 2. The number of nitrogens with one attached hydrogen (secondary N) is 1. The molecule has 72 heavy (non-hydrogen) atoms. The van der Waals surface area contributed by atoms with Gasteiger partial charge in [0.2, 0.25) is 5.91 Å². The zero-order chi connectivity index (χ0) is 52.2. The zero-order valence-corrected chi connectivity index (χ0v) is 48.9. The molecule has 0 aromatic carbocycles. The van der Waals surface area contributed by atoms with Gasteiger partial charge in [-0.3, -0.25) is 9.59 Å². The van der Waals surface area contributed by atoms with E-state index in [1.54, 1.807) is 0 Å². The highest BCUT2D eigenvalue weighted by Gasteiger charge is 2.20. The minimum atomic E-state index is -0.674. The molecule has 1 amide bonds. The van der Waals surface area contributed by atoms with Crippen LogP contribution >= 0.6 is 0 Å². The lowest BCUT2D eigenvalue weighted by Crippen LogP contribution is -2.45. The van der Waals surface area contributed by atoms with Gasteiger partial charge < -0.3 is 20.3 Å². The Morgan fingerprint density at radius 2 is 0.653 bits per heavy atom. The highest BCUT2D eigenvalue weighted by molar-refractivity contribution is 5.76. The number of amides is 1. The number of allylic oxidation sites excluding steroid dienone is 2. The molecule has 0 spiro atoms. The average Bonchev–Trinajstić information content (AvgIpc) is 3.38. The Hall–Kier alpha value is -1.40. The smallest absolute Gasteiger partial charge is 0.305 e. The van der Waals surface area contributed by atoms with Gasteiger partial charge >= 0.3 is 5.97 Å². The van der Waals surface area contributed by atoms with Gasteiger partial charge in [-0.1, -0.05) is 321 Å². The third kappa shape index (κ3) is 57.9. The van der Waals surface area contributed by atoms with E-state index in [2.05, 4.69) is 31.3 Å². The van der Waals surface area contributed by atoms with Crippen molar-refractivity contribution in [3.05, 3.63) is 12.2 Å². The van der Waals surface area contributed by atoms with Gasteiger partial charge in [0.25, 0.3) is 0 Å². The lowest BCUT2D eigenvalue weighted by Gasteiger charge is -2.22. The van der Waals surface area contributed by atoms with Crippen molar-refractivity contribution in [3.63, 3.8) is 0 Å². The predicted molar refractivity (Wildman–Crippen MR) is 315 cm³/mol. The van der Waals surface area contributed by atoms with Crippen LogP contribution < -0.4 is 5.32 Å². The van der Waals surface area contributed by atoms with E-state index in [1.807, 2.05) is 0 Å². The van der Waals surface area contributed by atoms with Gasteiger partial charge in [0.1, 0.15) is 0 Å². The summed E-state index contributed by atoms with van der Waals surface area (Å²) in [4.78, 5) is 24.6. The monoisotopic (exact) mass is 1020 g/mol. The molecule has 0 heterocycles. The number of esters is 1. The zero-order valence-electron chi connectivity index (χ0n) is 48.9. The summed E-state index contributed by atoms with van der Waals surface area (Å²) in [6.45, 7) is 4.96. The van der Waals surface area contributed by atoms with Gasteiger partial charge in [-0.25, -0.2) is 0 Å². The fourth-order valence-corrected chi connectivity index (χ4v) is 10.5. The fourth-order valence-electron chi connectivity index (χ4n) is 10.5. The molecule has 6 nitrogen and oxygen atoms in total. The Bertz CT molecular complexity index is 1080. The normalized spacial score (nSPS) is 12.6. The first kappa shape index (κ1) is 70.6. The fraction of sp³-hybridized carbons (Fsp3) is 0.939. The van der Waals surface area contributed by atoms with Gasteiger partial charge in [-0.15, -0.1) is 0 Å². The topological polar surface area (TPSA) is 95.9 Å². The number of hydrogen-bond acceptors (Lipinski definition) is 5. The van der Waals surface area contributed by atoms with Crippen molar-refractivity contribution in [3.8, 4) is 0 Å². The van der Waals surface area contributed by atoms with Crippen molar-refractivity contribution >= 4 is 11.9 Å². The summed E-state index contributed by atoms with van der Waals surface area (Å²) >= 11 is 0. The number of aliphatic hydroxyl groups is 2. The highest BCUT2D eigenvalue weighted by atomic mass is 16.5. The van der Waals surface area contributed by atoms with Gasteiger partial charge in [-0.05, 0) is 51.4 Å². The van der Waals surface area contributed by atoms with Crippen LogP contribution in [0.4, 0.5) is 0 Å². The molecule has 0 radical (unpaired) electrons. The number of rotatable bonds is 62. The summed E-state index contributed by atoms with van der Waals surface area (Å²) in [5, 5.41) is 23.4. The molecule has 6 heteroatoms. The number of aliphatic hydroxyl groups excluding tert-OH is 2. The second-order valence-electron chi connectivity index (χ2n) is 22.8. The van der Waals surface area contributed by atoms with E-state index in [9.17, 15) is 19.8 Å². The molecule has 0 aliphatic carbocycles. The summed E-state index contributed by atoms with van der Waals surface area (Å²) in [6, 6.07) is -0.552. The van der Waals surface area contributed by atoms with Crippen molar-refractivity contribution in [1.29, 1.82) is 0 Å². The molecular formula is C66H129NO5. The lowest BCUT2D eigenvalue weighted by atomic mass is 10.0. The van der Waals surface area contributed by atoms with E-state index < -0.39 is 12.1 Å². The number of ether oxygens (including phenoxy) is 1. The van der Waals surface area contributed by atoms with Crippen LogP contribution in [0.5, 0.6) is 0 Å². The molecule has 0 saturated heterocycles. The van der Waals surface area contributed by atoms with Gasteiger partial charge in [0.05, 0.1) is 25.4 Å². The van der Waals surface area contributed by atoms with Crippen molar-refractivity contribution in [2.45, 2.75) is 386 Å². The number of carbonyl (C=O) groups excluding carboxylic acids is 2. The molecule has 0 aromatic heterocycles.